The predicted molar refractivity (Wildman–Crippen MR) is 71.0 cm³/mol. The van der Waals surface area contributed by atoms with Crippen LogP contribution in [0.2, 0.25) is 0 Å². The minimum absolute atomic E-state index is 0.820. The van der Waals surface area contributed by atoms with Crippen molar-refractivity contribution in [1.29, 1.82) is 0 Å². The maximum atomic E-state index is 4.25. The summed E-state index contributed by atoms with van der Waals surface area (Å²) >= 11 is 1.63. The molecule has 0 saturated carbocycles. The van der Waals surface area contributed by atoms with Crippen molar-refractivity contribution in [3.8, 4) is 0 Å². The smallest absolute Gasteiger partial charge is 0.0795 e. The molecule has 0 radical (unpaired) electrons. The minimum Gasteiger partial charge on any atom is -0.361 e. The van der Waals surface area contributed by atoms with Gasteiger partial charge in [0.1, 0.15) is 0 Å². The fourth-order valence-electron chi connectivity index (χ4n) is 1.95. The third kappa shape index (κ3) is 2.23. The number of fused-ring (bicyclic) bond motifs is 1. The Morgan fingerprint density at radius 3 is 3.12 bits per heavy atom. The molecule has 1 aromatic carbocycles. The van der Waals surface area contributed by atoms with Crippen LogP contribution < -0.4 is 5.32 Å². The molecule has 2 N–H and O–H groups in total. The van der Waals surface area contributed by atoms with Crippen LogP contribution in [0.15, 0.2) is 41.4 Å². The third-order valence-corrected chi connectivity index (χ3v) is 3.41. The number of benzene rings is 1. The van der Waals surface area contributed by atoms with Gasteiger partial charge in [-0.3, -0.25) is 0 Å². The van der Waals surface area contributed by atoms with Gasteiger partial charge in [0.15, 0.2) is 0 Å². The van der Waals surface area contributed by atoms with Crippen LogP contribution in [0.1, 0.15) is 11.3 Å². The predicted octanol–water partition coefficient (Wildman–Crippen LogP) is 2.91. The van der Waals surface area contributed by atoms with Gasteiger partial charge < -0.3 is 10.3 Å². The van der Waals surface area contributed by atoms with Crippen LogP contribution in [0.25, 0.3) is 10.9 Å². The average Bonchev–Trinajstić information content (AvgIpc) is 2.99. The first kappa shape index (κ1) is 10.5. The van der Waals surface area contributed by atoms with Crippen molar-refractivity contribution in [1.82, 2.24) is 15.3 Å². The molecule has 0 unspecified atom stereocenters. The SMILES string of the molecule is c1cc(CNCc2cscn2)c2[nH]ccc2c1. The fourth-order valence-corrected chi connectivity index (χ4v) is 2.51. The number of H-pyrrole nitrogens is 1. The minimum atomic E-state index is 0.820. The van der Waals surface area contributed by atoms with Crippen molar-refractivity contribution < 1.29 is 0 Å². The van der Waals surface area contributed by atoms with Gasteiger partial charge in [0.05, 0.1) is 11.2 Å². The second-order valence-electron chi connectivity index (χ2n) is 3.94. The van der Waals surface area contributed by atoms with E-state index in [1.807, 2.05) is 11.7 Å². The van der Waals surface area contributed by atoms with E-state index in [1.54, 1.807) is 11.3 Å². The number of thiazole rings is 1. The lowest BCUT2D eigenvalue weighted by atomic mass is 10.1. The van der Waals surface area contributed by atoms with E-state index in [9.17, 15) is 0 Å². The molecule has 0 bridgehead atoms. The Kier molecular flexibility index (Phi) is 2.90. The number of nitrogens with zero attached hydrogens (tertiary/aromatic N) is 1. The van der Waals surface area contributed by atoms with Crippen LogP contribution in [0.3, 0.4) is 0 Å². The van der Waals surface area contributed by atoms with E-state index in [-0.39, 0.29) is 0 Å². The Morgan fingerprint density at radius 1 is 1.24 bits per heavy atom. The van der Waals surface area contributed by atoms with Gasteiger partial charge in [-0.05, 0) is 17.0 Å². The Bertz CT molecular complexity index is 598. The first-order chi connectivity index (χ1) is 8.43. The monoisotopic (exact) mass is 243 g/mol. The van der Waals surface area contributed by atoms with Crippen molar-refractivity contribution in [3.63, 3.8) is 0 Å². The second kappa shape index (κ2) is 4.69. The van der Waals surface area contributed by atoms with Gasteiger partial charge in [0, 0.05) is 30.2 Å². The molecule has 0 amide bonds. The third-order valence-electron chi connectivity index (χ3n) is 2.78. The second-order valence-corrected chi connectivity index (χ2v) is 4.66. The fraction of sp³-hybridized carbons (Fsp3) is 0.154. The standard InChI is InChI=1S/C13H13N3S/c1-2-10-4-5-15-13(10)11(3-1)6-14-7-12-8-17-9-16-12/h1-5,8-9,14-15H,6-7H2. The van der Waals surface area contributed by atoms with Gasteiger partial charge in [-0.15, -0.1) is 11.3 Å². The number of hydrogen-bond donors (Lipinski definition) is 2. The number of aromatic amines is 1. The molecule has 0 saturated heterocycles. The summed E-state index contributed by atoms with van der Waals surface area (Å²) < 4.78 is 0. The van der Waals surface area contributed by atoms with Crippen molar-refractivity contribution in [2.45, 2.75) is 13.1 Å². The molecular formula is C13H13N3S. The Morgan fingerprint density at radius 2 is 2.24 bits per heavy atom. The normalized spacial score (nSPS) is 11.1. The van der Waals surface area contributed by atoms with Gasteiger partial charge >= 0.3 is 0 Å². The largest absolute Gasteiger partial charge is 0.361 e. The van der Waals surface area contributed by atoms with Crippen LogP contribution in [-0.4, -0.2) is 9.97 Å². The van der Waals surface area contributed by atoms with Crippen LogP contribution in [0, 0.1) is 0 Å². The zero-order valence-electron chi connectivity index (χ0n) is 9.31. The average molecular weight is 243 g/mol. The number of hydrogen-bond acceptors (Lipinski definition) is 3. The van der Waals surface area contributed by atoms with Crippen molar-refractivity contribution in [2.75, 3.05) is 0 Å². The van der Waals surface area contributed by atoms with E-state index in [0.29, 0.717) is 0 Å². The van der Waals surface area contributed by atoms with Crippen molar-refractivity contribution in [2.24, 2.45) is 0 Å². The van der Waals surface area contributed by atoms with Gasteiger partial charge in [0.2, 0.25) is 0 Å². The highest BCUT2D eigenvalue weighted by molar-refractivity contribution is 7.07. The summed E-state index contributed by atoms with van der Waals surface area (Å²) in [5.74, 6) is 0. The summed E-state index contributed by atoms with van der Waals surface area (Å²) in [6, 6.07) is 8.46. The topological polar surface area (TPSA) is 40.7 Å². The molecule has 17 heavy (non-hydrogen) atoms. The highest BCUT2D eigenvalue weighted by Crippen LogP contribution is 2.16. The van der Waals surface area contributed by atoms with Crippen LogP contribution in [0.5, 0.6) is 0 Å². The van der Waals surface area contributed by atoms with Crippen molar-refractivity contribution in [3.05, 3.63) is 52.6 Å². The quantitative estimate of drug-likeness (QED) is 0.739. The highest BCUT2D eigenvalue weighted by atomic mass is 32.1. The van der Waals surface area contributed by atoms with Crippen LogP contribution >= 0.6 is 11.3 Å². The zero-order valence-corrected chi connectivity index (χ0v) is 10.1. The van der Waals surface area contributed by atoms with Gasteiger partial charge in [-0.25, -0.2) is 4.98 Å². The highest BCUT2D eigenvalue weighted by Gasteiger charge is 2.01. The number of para-hydroxylation sites is 1. The molecule has 0 atom stereocenters. The molecule has 3 aromatic rings. The summed E-state index contributed by atoms with van der Waals surface area (Å²) in [5.41, 5.74) is 5.48. The van der Waals surface area contributed by atoms with Gasteiger partial charge in [-0.2, -0.15) is 0 Å². The summed E-state index contributed by atoms with van der Waals surface area (Å²) in [6.45, 7) is 1.68. The summed E-state index contributed by atoms with van der Waals surface area (Å²) in [4.78, 5) is 7.53. The molecule has 0 aliphatic rings. The molecule has 3 rings (SSSR count). The van der Waals surface area contributed by atoms with E-state index < -0.39 is 0 Å². The Labute approximate surface area is 104 Å². The summed E-state index contributed by atoms with van der Waals surface area (Å²) in [6.07, 6.45) is 1.98. The first-order valence-corrected chi connectivity index (χ1v) is 6.50. The van der Waals surface area contributed by atoms with Gasteiger partial charge in [-0.1, -0.05) is 18.2 Å². The molecule has 3 nitrogen and oxygen atoms in total. The lowest BCUT2D eigenvalue weighted by Gasteiger charge is -2.04. The molecule has 2 aromatic heterocycles. The van der Waals surface area contributed by atoms with E-state index in [4.69, 9.17) is 0 Å². The molecule has 86 valence electrons. The number of nitrogens with one attached hydrogen (secondary N) is 2. The Balaban J connectivity index is 1.70. The van der Waals surface area contributed by atoms with Gasteiger partial charge in [0.25, 0.3) is 0 Å². The first-order valence-electron chi connectivity index (χ1n) is 5.56. The van der Waals surface area contributed by atoms with E-state index in [2.05, 4.69) is 44.9 Å². The van der Waals surface area contributed by atoms with Crippen LogP contribution in [0.4, 0.5) is 0 Å². The molecule has 2 heterocycles. The molecule has 0 aliphatic heterocycles. The van der Waals surface area contributed by atoms with E-state index >= 15 is 0 Å². The maximum absolute atomic E-state index is 4.25. The summed E-state index contributed by atoms with van der Waals surface area (Å²) in [5, 5.41) is 6.74. The lowest BCUT2D eigenvalue weighted by molar-refractivity contribution is 0.685. The molecule has 4 heteroatoms. The summed E-state index contributed by atoms with van der Waals surface area (Å²) in [7, 11) is 0. The van der Waals surface area contributed by atoms with E-state index in [1.165, 1.54) is 16.5 Å². The van der Waals surface area contributed by atoms with E-state index in [0.717, 1.165) is 18.8 Å². The molecular weight excluding hydrogens is 230 g/mol. The zero-order chi connectivity index (χ0) is 11.5. The van der Waals surface area contributed by atoms with Crippen molar-refractivity contribution >= 4 is 22.2 Å². The Hall–Kier alpha value is -1.65. The number of rotatable bonds is 4. The number of aromatic nitrogens is 2. The molecule has 0 aliphatic carbocycles. The lowest BCUT2D eigenvalue weighted by Crippen LogP contribution is -2.13. The molecule has 0 fully saturated rings. The maximum Gasteiger partial charge on any atom is 0.0795 e. The molecule has 0 spiro atoms. The van der Waals surface area contributed by atoms with Crippen LogP contribution in [-0.2, 0) is 13.1 Å².